The van der Waals surface area contributed by atoms with Crippen molar-refractivity contribution in [2.75, 3.05) is 5.32 Å². The Bertz CT molecular complexity index is 751. The van der Waals surface area contributed by atoms with E-state index in [4.69, 9.17) is 0 Å². The second kappa shape index (κ2) is 6.02. The van der Waals surface area contributed by atoms with Crippen molar-refractivity contribution in [1.29, 1.82) is 0 Å². The average Bonchev–Trinajstić information content (AvgIpc) is 2.54. The van der Waals surface area contributed by atoms with Crippen LogP contribution >= 0.6 is 0 Å². The second-order valence-electron chi connectivity index (χ2n) is 5.53. The van der Waals surface area contributed by atoms with Crippen LogP contribution in [0, 0.1) is 11.8 Å². The standard InChI is InChI=1S/C18H17NO3/c20-17(15-7-3-4-8-16(15)18(21)22)19-14-10-9-12-5-1-2-6-13(12)11-14/h1-6,9-11,15-16H,7-8H2,(H,19,20)(H,21,22)/p-1/t15-,16-/m1/s1. The van der Waals surface area contributed by atoms with Gasteiger partial charge in [-0.1, -0.05) is 42.5 Å². The first-order chi connectivity index (χ1) is 10.6. The highest BCUT2D eigenvalue weighted by atomic mass is 16.4. The predicted molar refractivity (Wildman–Crippen MR) is 82.9 cm³/mol. The van der Waals surface area contributed by atoms with Gasteiger partial charge in [0, 0.05) is 17.6 Å². The quantitative estimate of drug-likeness (QED) is 0.881. The normalized spacial score (nSPS) is 20.7. The van der Waals surface area contributed by atoms with Crippen molar-refractivity contribution >= 4 is 28.3 Å². The van der Waals surface area contributed by atoms with Crippen molar-refractivity contribution in [2.24, 2.45) is 11.8 Å². The number of aliphatic carboxylic acids is 1. The molecule has 0 spiro atoms. The van der Waals surface area contributed by atoms with E-state index in [0.717, 1.165) is 10.8 Å². The van der Waals surface area contributed by atoms with Crippen LogP contribution in [0.25, 0.3) is 10.8 Å². The van der Waals surface area contributed by atoms with Gasteiger partial charge < -0.3 is 15.2 Å². The van der Waals surface area contributed by atoms with Gasteiger partial charge in [0.05, 0.1) is 5.92 Å². The van der Waals surface area contributed by atoms with Gasteiger partial charge in [-0.25, -0.2) is 0 Å². The summed E-state index contributed by atoms with van der Waals surface area (Å²) in [4.78, 5) is 23.6. The molecule has 4 heteroatoms. The highest BCUT2D eigenvalue weighted by Crippen LogP contribution is 2.27. The summed E-state index contributed by atoms with van der Waals surface area (Å²) in [6.07, 6.45) is 4.42. The van der Waals surface area contributed by atoms with Gasteiger partial charge in [0.25, 0.3) is 0 Å². The molecule has 0 unspecified atom stereocenters. The van der Waals surface area contributed by atoms with E-state index in [0.29, 0.717) is 18.5 Å². The predicted octanol–water partition coefficient (Wildman–Crippen LogP) is 2.11. The van der Waals surface area contributed by atoms with Crippen molar-refractivity contribution in [2.45, 2.75) is 12.8 Å². The lowest BCUT2D eigenvalue weighted by Crippen LogP contribution is -2.41. The van der Waals surface area contributed by atoms with Crippen molar-refractivity contribution in [3.63, 3.8) is 0 Å². The molecule has 0 saturated heterocycles. The fourth-order valence-corrected chi connectivity index (χ4v) is 2.87. The summed E-state index contributed by atoms with van der Waals surface area (Å²) in [6.45, 7) is 0. The number of hydrogen-bond acceptors (Lipinski definition) is 3. The van der Waals surface area contributed by atoms with Crippen molar-refractivity contribution < 1.29 is 14.7 Å². The van der Waals surface area contributed by atoms with Crippen LogP contribution in [0.3, 0.4) is 0 Å². The molecule has 0 bridgehead atoms. The number of carbonyl (C=O) groups is 2. The van der Waals surface area contributed by atoms with E-state index in [1.54, 1.807) is 6.08 Å². The molecule has 1 aliphatic carbocycles. The fraction of sp³-hybridized carbons (Fsp3) is 0.222. The Labute approximate surface area is 128 Å². The minimum Gasteiger partial charge on any atom is -0.550 e. The lowest BCUT2D eigenvalue weighted by Gasteiger charge is -2.28. The van der Waals surface area contributed by atoms with Crippen molar-refractivity contribution in [3.8, 4) is 0 Å². The first-order valence-corrected chi connectivity index (χ1v) is 7.30. The molecule has 0 aliphatic heterocycles. The number of hydrogen-bond donors (Lipinski definition) is 1. The van der Waals surface area contributed by atoms with Gasteiger partial charge in [0.2, 0.25) is 5.91 Å². The Kier molecular flexibility index (Phi) is 3.92. The van der Waals surface area contributed by atoms with Crippen LogP contribution in [-0.2, 0) is 9.59 Å². The minimum absolute atomic E-state index is 0.270. The third-order valence-corrected chi connectivity index (χ3v) is 4.09. The maximum Gasteiger partial charge on any atom is 0.228 e. The summed E-state index contributed by atoms with van der Waals surface area (Å²) >= 11 is 0. The molecule has 112 valence electrons. The summed E-state index contributed by atoms with van der Waals surface area (Å²) in [5.41, 5.74) is 0.676. The van der Waals surface area contributed by atoms with Gasteiger partial charge in [-0.05, 0) is 35.7 Å². The lowest BCUT2D eigenvalue weighted by molar-refractivity contribution is -0.313. The molecule has 0 heterocycles. The molecule has 4 nitrogen and oxygen atoms in total. The zero-order valence-electron chi connectivity index (χ0n) is 12.0. The van der Waals surface area contributed by atoms with E-state index in [9.17, 15) is 14.7 Å². The van der Waals surface area contributed by atoms with Crippen LogP contribution in [0.1, 0.15) is 12.8 Å². The molecule has 0 radical (unpaired) electrons. The van der Waals surface area contributed by atoms with E-state index in [2.05, 4.69) is 5.32 Å². The summed E-state index contributed by atoms with van der Waals surface area (Å²) in [5, 5.41) is 16.1. The average molecular weight is 294 g/mol. The third kappa shape index (κ3) is 2.86. The Balaban J connectivity index is 1.80. The van der Waals surface area contributed by atoms with Gasteiger partial charge in [-0.15, -0.1) is 0 Å². The Morgan fingerprint density at radius 1 is 0.955 bits per heavy atom. The smallest absolute Gasteiger partial charge is 0.228 e. The molecule has 3 rings (SSSR count). The van der Waals surface area contributed by atoms with Crippen LogP contribution in [0.4, 0.5) is 5.69 Å². The number of amides is 1. The van der Waals surface area contributed by atoms with Gasteiger partial charge in [0.15, 0.2) is 0 Å². The number of carboxylic acid groups (broad SMARTS) is 1. The summed E-state index contributed by atoms with van der Waals surface area (Å²) in [6, 6.07) is 13.5. The van der Waals surface area contributed by atoms with E-state index >= 15 is 0 Å². The lowest BCUT2D eigenvalue weighted by atomic mass is 9.82. The molecule has 0 fully saturated rings. The molecule has 0 saturated carbocycles. The number of carboxylic acids is 1. The number of carbonyl (C=O) groups excluding carboxylic acids is 2. The zero-order chi connectivity index (χ0) is 15.5. The van der Waals surface area contributed by atoms with E-state index < -0.39 is 17.8 Å². The van der Waals surface area contributed by atoms with Crippen molar-refractivity contribution in [3.05, 3.63) is 54.6 Å². The van der Waals surface area contributed by atoms with Crippen LogP contribution in [0.2, 0.25) is 0 Å². The number of nitrogens with one attached hydrogen (secondary N) is 1. The highest BCUT2D eigenvalue weighted by Gasteiger charge is 2.29. The molecule has 2 atom stereocenters. The largest absolute Gasteiger partial charge is 0.550 e. The Morgan fingerprint density at radius 2 is 1.64 bits per heavy atom. The molecule has 1 N–H and O–H groups in total. The molecular formula is C18H16NO3-. The molecule has 2 aromatic rings. The first-order valence-electron chi connectivity index (χ1n) is 7.30. The number of anilines is 1. The maximum atomic E-state index is 12.4. The molecule has 0 aromatic heterocycles. The van der Waals surface area contributed by atoms with Gasteiger partial charge in [-0.2, -0.15) is 0 Å². The van der Waals surface area contributed by atoms with E-state index in [1.165, 1.54) is 0 Å². The molecular weight excluding hydrogens is 278 g/mol. The first kappa shape index (κ1) is 14.3. The van der Waals surface area contributed by atoms with Crippen LogP contribution < -0.4 is 10.4 Å². The van der Waals surface area contributed by atoms with Crippen LogP contribution in [0.15, 0.2) is 54.6 Å². The second-order valence-corrected chi connectivity index (χ2v) is 5.53. The Morgan fingerprint density at radius 3 is 2.36 bits per heavy atom. The molecule has 1 aliphatic rings. The number of allylic oxidation sites excluding steroid dienone is 2. The molecule has 2 aromatic carbocycles. The van der Waals surface area contributed by atoms with Crippen LogP contribution in [-0.4, -0.2) is 11.9 Å². The molecule has 1 amide bonds. The van der Waals surface area contributed by atoms with E-state index in [1.807, 2.05) is 48.5 Å². The number of benzene rings is 2. The topological polar surface area (TPSA) is 69.2 Å². The summed E-state index contributed by atoms with van der Waals surface area (Å²) in [7, 11) is 0. The number of rotatable bonds is 3. The van der Waals surface area contributed by atoms with Gasteiger partial charge in [0.1, 0.15) is 0 Å². The van der Waals surface area contributed by atoms with E-state index in [-0.39, 0.29) is 5.91 Å². The Hall–Kier alpha value is -2.62. The zero-order valence-corrected chi connectivity index (χ0v) is 12.0. The molecule has 22 heavy (non-hydrogen) atoms. The number of fused-ring (bicyclic) bond motifs is 1. The monoisotopic (exact) mass is 294 g/mol. The fourth-order valence-electron chi connectivity index (χ4n) is 2.87. The minimum atomic E-state index is -1.16. The maximum absolute atomic E-state index is 12.4. The third-order valence-electron chi connectivity index (χ3n) is 4.09. The summed E-state index contributed by atoms with van der Waals surface area (Å²) < 4.78 is 0. The van der Waals surface area contributed by atoms with Gasteiger partial charge >= 0.3 is 0 Å². The van der Waals surface area contributed by atoms with Crippen molar-refractivity contribution in [1.82, 2.24) is 0 Å². The van der Waals surface area contributed by atoms with Gasteiger partial charge in [-0.3, -0.25) is 4.79 Å². The van der Waals surface area contributed by atoms with Crippen LogP contribution in [0.5, 0.6) is 0 Å². The highest BCUT2D eigenvalue weighted by molar-refractivity contribution is 5.97. The summed E-state index contributed by atoms with van der Waals surface area (Å²) in [5.74, 6) is -2.77. The SMILES string of the molecule is O=C([O-])[C@@H]1CC=CC[C@H]1C(=O)Nc1ccc2ccccc2c1.